The minimum Gasteiger partial charge on any atom is -0.369 e. The smallest absolute Gasteiger partial charge is 0.246 e. The highest BCUT2D eigenvalue weighted by atomic mass is 16.2. The monoisotopic (exact) mass is 568 g/mol. The molecule has 0 aliphatic heterocycles. The van der Waals surface area contributed by atoms with Crippen LogP contribution in [-0.2, 0) is 9.59 Å². The third-order valence-electron chi connectivity index (χ3n) is 7.67. The summed E-state index contributed by atoms with van der Waals surface area (Å²) in [7, 11) is 5.52. The van der Waals surface area contributed by atoms with Crippen molar-refractivity contribution in [2.24, 2.45) is 11.3 Å². The summed E-state index contributed by atoms with van der Waals surface area (Å²) < 4.78 is 0. The molecule has 2 fully saturated rings. The number of rotatable bonds is 11. The first kappa shape index (κ1) is 30.5. The van der Waals surface area contributed by atoms with Crippen LogP contribution in [-0.4, -0.2) is 78.4 Å². The van der Waals surface area contributed by atoms with Gasteiger partial charge in [0, 0.05) is 43.9 Å². The van der Waals surface area contributed by atoms with E-state index in [0.29, 0.717) is 23.9 Å². The van der Waals surface area contributed by atoms with Gasteiger partial charge in [-0.15, -0.1) is 0 Å². The average Bonchev–Trinajstić information content (AvgIpc) is 3.45. The predicted octanol–water partition coefficient (Wildman–Crippen LogP) is 3.52. The van der Waals surface area contributed by atoms with Crippen LogP contribution in [0.25, 0.3) is 0 Å². The van der Waals surface area contributed by atoms with E-state index < -0.39 is 0 Å². The van der Waals surface area contributed by atoms with Gasteiger partial charge in [0.25, 0.3) is 0 Å². The SMILES string of the molecule is CCCNc1nc(Nc2ccc(C#N)cc2)ncc1C#C[C@@H]1CCC2(CC2NC(=O)CN(C)C(=O)/C=C/CN(C)C)C1. The number of carbonyl (C=O) groups is 2. The topological polar surface area (TPSA) is 126 Å². The maximum atomic E-state index is 12.6. The number of nitriles is 1. The Bertz CT molecular complexity index is 1400. The zero-order valence-electron chi connectivity index (χ0n) is 24.9. The van der Waals surface area contributed by atoms with Crippen LogP contribution in [0.4, 0.5) is 17.5 Å². The van der Waals surface area contributed by atoms with Gasteiger partial charge < -0.3 is 25.8 Å². The summed E-state index contributed by atoms with van der Waals surface area (Å²) in [6.45, 7) is 3.58. The van der Waals surface area contributed by atoms with E-state index in [9.17, 15) is 9.59 Å². The van der Waals surface area contributed by atoms with Gasteiger partial charge >= 0.3 is 0 Å². The molecule has 0 bridgehead atoms. The third kappa shape index (κ3) is 8.31. The maximum Gasteiger partial charge on any atom is 0.246 e. The van der Waals surface area contributed by atoms with Crippen LogP contribution in [0.5, 0.6) is 0 Å². The van der Waals surface area contributed by atoms with Gasteiger partial charge in [0.05, 0.1) is 29.9 Å². The molecular formula is C32H40N8O2. The van der Waals surface area contributed by atoms with Crippen LogP contribution >= 0.6 is 0 Å². The van der Waals surface area contributed by atoms with Crippen molar-refractivity contribution in [1.82, 2.24) is 25.1 Å². The summed E-state index contributed by atoms with van der Waals surface area (Å²) in [5.41, 5.74) is 2.25. The number of benzene rings is 1. The molecule has 42 heavy (non-hydrogen) atoms. The Kier molecular flexibility index (Phi) is 10.2. The molecule has 1 aromatic carbocycles. The minimum atomic E-state index is -0.177. The van der Waals surface area contributed by atoms with E-state index in [-0.39, 0.29) is 35.7 Å². The first-order chi connectivity index (χ1) is 20.2. The summed E-state index contributed by atoms with van der Waals surface area (Å²) in [6, 6.07) is 9.38. The molecule has 3 N–H and O–H groups in total. The molecule has 4 rings (SSSR count). The van der Waals surface area contributed by atoms with Gasteiger partial charge in [-0.25, -0.2) is 4.98 Å². The van der Waals surface area contributed by atoms with Crippen molar-refractivity contribution in [2.45, 2.75) is 45.1 Å². The van der Waals surface area contributed by atoms with Crippen molar-refractivity contribution in [3.8, 4) is 17.9 Å². The van der Waals surface area contributed by atoms with Crippen LogP contribution in [0.2, 0.25) is 0 Å². The number of hydrogen-bond donors (Lipinski definition) is 3. The molecule has 1 heterocycles. The number of nitrogens with zero attached hydrogens (tertiary/aromatic N) is 5. The lowest BCUT2D eigenvalue weighted by Crippen LogP contribution is -2.39. The minimum absolute atomic E-state index is 0.0461. The van der Waals surface area contributed by atoms with Crippen LogP contribution < -0.4 is 16.0 Å². The van der Waals surface area contributed by atoms with E-state index in [0.717, 1.165) is 49.9 Å². The number of amides is 2. The second-order valence-electron chi connectivity index (χ2n) is 11.5. The number of carbonyl (C=O) groups excluding carboxylic acids is 2. The quantitative estimate of drug-likeness (QED) is 0.278. The standard InChI is InChI=1S/C32H40N8O2/c1-5-16-34-30-25(21-35-31(38-30)36-26-12-9-24(20-33)10-13-26)11-8-23-14-15-32(18-23)19-27(32)37-28(41)22-40(4)29(42)7-6-17-39(2)3/h6-7,9-10,12-13,21,23,27H,5,14-19,22H2,1-4H3,(H,37,41)(H2,34,35,36,38)/b7-6+/t23-,27?,32?/m1/s1. The lowest BCUT2D eigenvalue weighted by atomic mass is 10.0. The van der Waals surface area contributed by atoms with Crippen LogP contribution in [0.1, 0.15) is 50.2 Å². The number of likely N-dealkylation sites (N-methyl/N-ethyl adjacent to an activating group) is 2. The lowest BCUT2D eigenvalue weighted by Gasteiger charge is -2.16. The average molecular weight is 569 g/mol. The Morgan fingerprint density at radius 2 is 1.98 bits per heavy atom. The van der Waals surface area contributed by atoms with E-state index in [2.05, 4.69) is 50.8 Å². The fourth-order valence-electron chi connectivity index (χ4n) is 5.21. The molecule has 3 atom stereocenters. The van der Waals surface area contributed by atoms with Gasteiger partial charge in [0.15, 0.2) is 0 Å². The maximum absolute atomic E-state index is 12.6. The molecular weight excluding hydrogens is 528 g/mol. The Morgan fingerprint density at radius 3 is 2.69 bits per heavy atom. The first-order valence-electron chi connectivity index (χ1n) is 14.5. The van der Waals surface area contributed by atoms with Crippen LogP contribution in [0, 0.1) is 34.5 Å². The van der Waals surface area contributed by atoms with Crippen LogP contribution in [0.3, 0.4) is 0 Å². The van der Waals surface area contributed by atoms with Gasteiger partial charge in [-0.2, -0.15) is 10.2 Å². The summed E-state index contributed by atoms with van der Waals surface area (Å²) in [5.74, 6) is 7.84. The molecule has 2 aliphatic carbocycles. The number of nitrogens with one attached hydrogen (secondary N) is 3. The number of anilines is 3. The third-order valence-corrected chi connectivity index (χ3v) is 7.67. The molecule has 2 aliphatic rings. The molecule has 1 aromatic heterocycles. The molecule has 10 nitrogen and oxygen atoms in total. The highest BCUT2D eigenvalue weighted by Gasteiger charge is 2.57. The first-order valence-corrected chi connectivity index (χ1v) is 14.5. The van der Waals surface area contributed by atoms with E-state index in [1.807, 2.05) is 31.1 Å². The van der Waals surface area contributed by atoms with Crippen molar-refractivity contribution in [1.29, 1.82) is 5.26 Å². The van der Waals surface area contributed by atoms with Crippen molar-refractivity contribution in [3.05, 3.63) is 53.7 Å². The van der Waals surface area contributed by atoms with Crippen molar-refractivity contribution in [3.63, 3.8) is 0 Å². The Balaban J connectivity index is 1.31. The summed E-state index contributed by atoms with van der Waals surface area (Å²) in [4.78, 5) is 37.4. The molecule has 0 radical (unpaired) electrons. The fourth-order valence-corrected chi connectivity index (χ4v) is 5.21. The molecule has 2 aromatic rings. The molecule has 1 spiro atoms. The highest BCUT2D eigenvalue weighted by Crippen LogP contribution is 2.59. The van der Waals surface area contributed by atoms with E-state index >= 15 is 0 Å². The van der Waals surface area contributed by atoms with Gasteiger partial charge in [-0.1, -0.05) is 24.8 Å². The largest absolute Gasteiger partial charge is 0.369 e. The second-order valence-corrected chi connectivity index (χ2v) is 11.5. The summed E-state index contributed by atoms with van der Waals surface area (Å²) >= 11 is 0. The molecule has 2 saturated carbocycles. The van der Waals surface area contributed by atoms with E-state index in [1.165, 1.54) is 11.0 Å². The predicted molar refractivity (Wildman–Crippen MR) is 164 cm³/mol. The number of hydrogen-bond acceptors (Lipinski definition) is 8. The summed E-state index contributed by atoms with van der Waals surface area (Å²) in [5, 5.41) is 18.7. The van der Waals surface area contributed by atoms with Crippen molar-refractivity contribution >= 4 is 29.3 Å². The van der Waals surface area contributed by atoms with Crippen molar-refractivity contribution in [2.75, 3.05) is 51.4 Å². The molecule has 0 saturated heterocycles. The molecule has 220 valence electrons. The Labute approximate surface area is 248 Å². The lowest BCUT2D eigenvalue weighted by molar-refractivity contribution is -0.131. The Morgan fingerprint density at radius 1 is 1.19 bits per heavy atom. The van der Waals surface area contributed by atoms with Gasteiger partial charge in [0.2, 0.25) is 17.8 Å². The van der Waals surface area contributed by atoms with Gasteiger partial charge in [-0.05, 0) is 75.9 Å². The molecule has 2 unspecified atom stereocenters. The normalized spacial score (nSPS) is 20.6. The molecule has 10 heteroatoms. The highest BCUT2D eigenvalue weighted by molar-refractivity contribution is 5.91. The van der Waals surface area contributed by atoms with Gasteiger partial charge in [-0.3, -0.25) is 9.59 Å². The molecule has 2 amide bonds. The van der Waals surface area contributed by atoms with E-state index in [4.69, 9.17) is 5.26 Å². The van der Waals surface area contributed by atoms with Crippen molar-refractivity contribution < 1.29 is 9.59 Å². The Hall–Kier alpha value is -4.41. The van der Waals surface area contributed by atoms with E-state index in [1.54, 1.807) is 31.5 Å². The zero-order chi connectivity index (χ0) is 30.1. The summed E-state index contributed by atoms with van der Waals surface area (Å²) in [6.07, 6.45) is 9.93. The number of aromatic nitrogens is 2. The fraction of sp³-hybridized carbons (Fsp3) is 0.469. The van der Waals surface area contributed by atoms with Gasteiger partial charge in [0.1, 0.15) is 5.82 Å². The van der Waals surface area contributed by atoms with Crippen LogP contribution in [0.15, 0.2) is 42.6 Å². The second kappa shape index (κ2) is 14.0. The zero-order valence-corrected chi connectivity index (χ0v) is 24.9.